The summed E-state index contributed by atoms with van der Waals surface area (Å²) >= 11 is 0. The Labute approximate surface area is 124 Å². The van der Waals surface area contributed by atoms with Gasteiger partial charge in [-0.1, -0.05) is 37.3 Å². The average Bonchev–Trinajstić information content (AvgIpc) is 2.87. The number of aromatic hydroxyl groups is 1. The van der Waals surface area contributed by atoms with Gasteiger partial charge in [0.1, 0.15) is 5.75 Å². The molecule has 0 amide bonds. The topological polar surface area (TPSA) is 85.2 Å². The third-order valence-corrected chi connectivity index (χ3v) is 4.16. The number of hydrogen-bond acceptors (Lipinski definition) is 5. The number of phenolic OH excluding ortho intramolecular Hbond substituents is 1. The van der Waals surface area contributed by atoms with E-state index in [9.17, 15) is 5.11 Å². The molecule has 0 saturated heterocycles. The summed E-state index contributed by atoms with van der Waals surface area (Å²) in [4.78, 5) is 4.49. The average molecular weight is 287 g/mol. The lowest BCUT2D eigenvalue weighted by Gasteiger charge is -2.15. The second-order valence-corrected chi connectivity index (χ2v) is 5.78. The molecule has 0 unspecified atom stereocenters. The number of nitrogen functional groups attached to an aromatic ring is 1. The van der Waals surface area contributed by atoms with Gasteiger partial charge in [-0.05, 0) is 25.0 Å². The number of hydrogen-bond donors (Lipinski definition) is 2. The van der Waals surface area contributed by atoms with Gasteiger partial charge in [-0.25, -0.2) is 0 Å². The molecule has 0 aliphatic heterocycles. The van der Waals surface area contributed by atoms with Crippen molar-refractivity contribution < 1.29 is 9.63 Å². The van der Waals surface area contributed by atoms with E-state index in [1.165, 1.54) is 38.2 Å². The number of anilines is 1. The molecule has 1 fully saturated rings. The molecule has 1 aromatic heterocycles. The van der Waals surface area contributed by atoms with Crippen LogP contribution in [0.4, 0.5) is 5.69 Å². The van der Waals surface area contributed by atoms with Crippen LogP contribution in [0.1, 0.15) is 56.7 Å². The molecule has 2 aromatic rings. The standard InChI is InChI=1S/C16H21N3O2/c17-12-8-9-13(14(20)10-12)16-18-15(19-21-16)11-6-4-2-1-3-5-7-11/h8-11,20H,1-7,17H2. The van der Waals surface area contributed by atoms with Gasteiger partial charge >= 0.3 is 0 Å². The molecule has 3 rings (SSSR count). The van der Waals surface area contributed by atoms with Gasteiger partial charge < -0.3 is 15.4 Å². The quantitative estimate of drug-likeness (QED) is 0.819. The van der Waals surface area contributed by atoms with E-state index >= 15 is 0 Å². The lowest BCUT2D eigenvalue weighted by Crippen LogP contribution is -2.04. The van der Waals surface area contributed by atoms with Gasteiger partial charge in [0.05, 0.1) is 5.56 Å². The van der Waals surface area contributed by atoms with Crippen LogP contribution >= 0.6 is 0 Å². The van der Waals surface area contributed by atoms with E-state index in [0.717, 1.165) is 18.7 Å². The summed E-state index contributed by atoms with van der Waals surface area (Å²) < 4.78 is 5.33. The Morgan fingerprint density at radius 1 is 1.10 bits per heavy atom. The van der Waals surface area contributed by atoms with Gasteiger partial charge in [-0.15, -0.1) is 0 Å². The van der Waals surface area contributed by atoms with Crippen molar-refractivity contribution in [3.05, 3.63) is 24.0 Å². The predicted octanol–water partition coefficient (Wildman–Crippen LogP) is 3.85. The van der Waals surface area contributed by atoms with Crippen LogP contribution in [0.25, 0.3) is 11.5 Å². The Balaban J connectivity index is 1.81. The number of nitrogens with two attached hydrogens (primary N) is 1. The van der Waals surface area contributed by atoms with E-state index in [2.05, 4.69) is 10.1 Å². The van der Waals surface area contributed by atoms with E-state index in [0.29, 0.717) is 23.1 Å². The van der Waals surface area contributed by atoms with E-state index < -0.39 is 0 Å². The van der Waals surface area contributed by atoms with Crippen LogP contribution in [0.3, 0.4) is 0 Å². The van der Waals surface area contributed by atoms with Crippen molar-refractivity contribution >= 4 is 5.69 Å². The molecule has 1 saturated carbocycles. The maximum absolute atomic E-state index is 9.94. The summed E-state index contributed by atoms with van der Waals surface area (Å²) in [6, 6.07) is 4.92. The van der Waals surface area contributed by atoms with Crippen molar-refractivity contribution in [3.63, 3.8) is 0 Å². The summed E-state index contributed by atoms with van der Waals surface area (Å²) in [5.74, 6) is 1.58. The molecule has 1 aliphatic carbocycles. The Hall–Kier alpha value is -2.04. The molecule has 0 atom stereocenters. The first-order valence-electron chi connectivity index (χ1n) is 7.66. The minimum atomic E-state index is 0.0721. The fraction of sp³-hybridized carbons (Fsp3) is 0.500. The highest BCUT2D eigenvalue weighted by Gasteiger charge is 2.21. The Morgan fingerprint density at radius 2 is 1.81 bits per heavy atom. The third-order valence-electron chi connectivity index (χ3n) is 4.16. The number of phenols is 1. The number of benzene rings is 1. The molecule has 5 heteroatoms. The highest BCUT2D eigenvalue weighted by Crippen LogP contribution is 2.33. The molecule has 112 valence electrons. The van der Waals surface area contributed by atoms with Gasteiger partial charge in [0, 0.05) is 17.7 Å². The normalized spacial score (nSPS) is 17.3. The second kappa shape index (κ2) is 6.16. The van der Waals surface area contributed by atoms with E-state index in [4.69, 9.17) is 10.3 Å². The molecule has 5 nitrogen and oxygen atoms in total. The van der Waals surface area contributed by atoms with E-state index in [1.807, 2.05) is 0 Å². The van der Waals surface area contributed by atoms with Crippen molar-refractivity contribution in [2.24, 2.45) is 0 Å². The molecule has 0 bridgehead atoms. The van der Waals surface area contributed by atoms with Crippen LogP contribution in [0, 0.1) is 0 Å². The molecular weight excluding hydrogens is 266 g/mol. The van der Waals surface area contributed by atoms with Crippen molar-refractivity contribution in [1.29, 1.82) is 0 Å². The summed E-state index contributed by atoms with van der Waals surface area (Å²) in [5, 5.41) is 14.1. The van der Waals surface area contributed by atoms with Crippen molar-refractivity contribution in [2.45, 2.75) is 50.9 Å². The smallest absolute Gasteiger partial charge is 0.261 e. The van der Waals surface area contributed by atoms with Crippen molar-refractivity contribution in [2.75, 3.05) is 5.73 Å². The van der Waals surface area contributed by atoms with Crippen LogP contribution in [0.2, 0.25) is 0 Å². The van der Waals surface area contributed by atoms with Crippen molar-refractivity contribution in [1.82, 2.24) is 10.1 Å². The van der Waals surface area contributed by atoms with Crippen LogP contribution in [0.5, 0.6) is 5.75 Å². The first kappa shape index (κ1) is 13.9. The van der Waals surface area contributed by atoms with Crippen molar-refractivity contribution in [3.8, 4) is 17.2 Å². The van der Waals surface area contributed by atoms with E-state index in [-0.39, 0.29) is 5.75 Å². The van der Waals surface area contributed by atoms with Gasteiger partial charge in [0.25, 0.3) is 5.89 Å². The largest absolute Gasteiger partial charge is 0.507 e. The van der Waals surface area contributed by atoms with Gasteiger partial charge in [-0.2, -0.15) is 4.98 Å². The molecule has 1 aliphatic rings. The lowest BCUT2D eigenvalue weighted by molar-refractivity contribution is 0.391. The summed E-state index contributed by atoms with van der Waals surface area (Å²) in [6.07, 6.45) is 8.60. The number of aromatic nitrogens is 2. The summed E-state index contributed by atoms with van der Waals surface area (Å²) in [7, 11) is 0. The van der Waals surface area contributed by atoms with Gasteiger partial charge in [0.2, 0.25) is 0 Å². The summed E-state index contributed by atoms with van der Waals surface area (Å²) in [5.41, 5.74) is 6.68. The van der Waals surface area contributed by atoms with Crippen LogP contribution in [-0.2, 0) is 0 Å². The number of nitrogens with zero attached hydrogens (tertiary/aromatic N) is 2. The second-order valence-electron chi connectivity index (χ2n) is 5.78. The monoisotopic (exact) mass is 287 g/mol. The Bertz CT molecular complexity index is 601. The highest BCUT2D eigenvalue weighted by molar-refractivity contribution is 5.66. The molecule has 0 radical (unpaired) electrons. The van der Waals surface area contributed by atoms with Gasteiger partial charge in [0.15, 0.2) is 5.82 Å². The molecule has 1 aromatic carbocycles. The molecule has 3 N–H and O–H groups in total. The SMILES string of the molecule is Nc1ccc(-c2nc(C3CCCCCCC3)no2)c(O)c1. The maximum atomic E-state index is 9.94. The molecule has 1 heterocycles. The fourth-order valence-corrected chi connectivity index (χ4v) is 2.95. The lowest BCUT2D eigenvalue weighted by atomic mass is 9.91. The van der Waals surface area contributed by atoms with Gasteiger partial charge in [-0.3, -0.25) is 0 Å². The molecular formula is C16H21N3O2. The third kappa shape index (κ3) is 3.17. The minimum absolute atomic E-state index is 0.0721. The Morgan fingerprint density at radius 3 is 2.52 bits per heavy atom. The van der Waals surface area contributed by atoms with Crippen LogP contribution in [-0.4, -0.2) is 15.2 Å². The zero-order valence-electron chi connectivity index (χ0n) is 12.1. The van der Waals surface area contributed by atoms with Crippen LogP contribution < -0.4 is 5.73 Å². The fourth-order valence-electron chi connectivity index (χ4n) is 2.95. The molecule has 0 spiro atoms. The summed E-state index contributed by atoms with van der Waals surface area (Å²) in [6.45, 7) is 0. The van der Waals surface area contributed by atoms with E-state index in [1.54, 1.807) is 12.1 Å². The first-order valence-corrected chi connectivity index (χ1v) is 7.66. The zero-order valence-corrected chi connectivity index (χ0v) is 12.1. The zero-order chi connectivity index (χ0) is 14.7. The number of rotatable bonds is 2. The predicted molar refractivity (Wildman–Crippen MR) is 80.9 cm³/mol. The highest BCUT2D eigenvalue weighted by atomic mass is 16.5. The minimum Gasteiger partial charge on any atom is -0.507 e. The van der Waals surface area contributed by atoms with Crippen LogP contribution in [0.15, 0.2) is 22.7 Å². The first-order chi connectivity index (χ1) is 10.2. The maximum Gasteiger partial charge on any atom is 0.261 e. The molecule has 21 heavy (non-hydrogen) atoms. The Kier molecular flexibility index (Phi) is 4.08.